The zero-order chi connectivity index (χ0) is 25.1. The lowest BCUT2D eigenvalue weighted by molar-refractivity contribution is -0.143. The maximum atomic E-state index is 13.0. The largest absolute Gasteiger partial charge is 0.480 e. The molecule has 0 saturated carbocycles. The van der Waals surface area contributed by atoms with Gasteiger partial charge in [-0.05, 0) is 30.3 Å². The highest BCUT2D eigenvalue weighted by Gasteiger charge is 2.32. The molecule has 0 saturated heterocycles. The first-order valence-electron chi connectivity index (χ1n) is 10.8. The molecule has 12 heteroatoms. The zero-order valence-corrected chi connectivity index (χ0v) is 20.6. The smallest absolute Gasteiger partial charge is 0.326 e. The Bertz CT molecular complexity index is 786. The molecule has 0 aromatic carbocycles. The molecule has 1 aromatic rings. The van der Waals surface area contributed by atoms with Gasteiger partial charge < -0.3 is 31.8 Å². The molecule has 1 aromatic heterocycles. The summed E-state index contributed by atoms with van der Waals surface area (Å²) in [7, 11) is 0. The fraction of sp³-hybridized carbons (Fsp3) is 0.667. The number of aromatic amines is 1. The molecule has 0 bridgehead atoms. The van der Waals surface area contributed by atoms with Crippen LogP contribution in [0.25, 0.3) is 0 Å². The quantitative estimate of drug-likeness (QED) is 0.211. The van der Waals surface area contributed by atoms with E-state index in [2.05, 4.69) is 25.9 Å². The number of imidazole rings is 1. The molecular weight excluding hydrogens is 448 g/mol. The van der Waals surface area contributed by atoms with Crippen molar-refractivity contribution in [3.63, 3.8) is 0 Å². The van der Waals surface area contributed by atoms with Gasteiger partial charge in [-0.2, -0.15) is 11.8 Å². The van der Waals surface area contributed by atoms with Crippen molar-refractivity contribution in [2.45, 2.75) is 64.7 Å². The molecule has 0 aliphatic rings. The van der Waals surface area contributed by atoms with Gasteiger partial charge in [0.2, 0.25) is 17.7 Å². The fourth-order valence-electron chi connectivity index (χ4n) is 3.05. The van der Waals surface area contributed by atoms with E-state index in [1.54, 1.807) is 33.9 Å². The van der Waals surface area contributed by atoms with Gasteiger partial charge in [0.25, 0.3) is 0 Å². The highest BCUT2D eigenvalue weighted by molar-refractivity contribution is 7.98. The number of carbonyl (C=O) groups is 4. The zero-order valence-electron chi connectivity index (χ0n) is 19.8. The maximum absolute atomic E-state index is 13.0. The van der Waals surface area contributed by atoms with E-state index in [1.165, 1.54) is 18.1 Å². The number of rotatable bonds is 14. The van der Waals surface area contributed by atoms with E-state index < -0.39 is 47.9 Å². The summed E-state index contributed by atoms with van der Waals surface area (Å²) in [5, 5.41) is 17.2. The Hall–Kier alpha value is -2.60. The Morgan fingerprint density at radius 3 is 2.12 bits per heavy atom. The lowest BCUT2D eigenvalue weighted by Crippen LogP contribution is -2.59. The summed E-state index contributed by atoms with van der Waals surface area (Å²) < 4.78 is 0. The molecule has 1 heterocycles. The number of hydrogen-bond donors (Lipinski definition) is 6. The lowest BCUT2D eigenvalue weighted by Gasteiger charge is -2.27. The third-order valence-corrected chi connectivity index (χ3v) is 5.70. The van der Waals surface area contributed by atoms with Gasteiger partial charge >= 0.3 is 5.97 Å². The van der Waals surface area contributed by atoms with Crippen molar-refractivity contribution in [2.75, 3.05) is 12.0 Å². The van der Waals surface area contributed by atoms with Crippen molar-refractivity contribution in [1.29, 1.82) is 0 Å². The van der Waals surface area contributed by atoms with E-state index in [-0.39, 0.29) is 18.3 Å². The van der Waals surface area contributed by atoms with Crippen LogP contribution in [0.3, 0.4) is 0 Å². The number of nitrogens with one attached hydrogen (secondary N) is 4. The minimum Gasteiger partial charge on any atom is -0.480 e. The molecule has 11 nitrogen and oxygen atoms in total. The van der Waals surface area contributed by atoms with E-state index in [0.29, 0.717) is 17.9 Å². The van der Waals surface area contributed by atoms with Gasteiger partial charge in [0.05, 0.1) is 12.4 Å². The van der Waals surface area contributed by atoms with Gasteiger partial charge in [0.15, 0.2) is 0 Å². The molecule has 0 aliphatic heterocycles. The summed E-state index contributed by atoms with van der Waals surface area (Å²) in [6.07, 6.45) is 5.45. The Morgan fingerprint density at radius 1 is 1.03 bits per heavy atom. The van der Waals surface area contributed by atoms with Crippen LogP contribution < -0.4 is 21.7 Å². The molecule has 0 radical (unpaired) electrons. The topological polar surface area (TPSA) is 179 Å². The fourth-order valence-corrected chi connectivity index (χ4v) is 3.53. The van der Waals surface area contributed by atoms with Crippen LogP contribution in [0.4, 0.5) is 0 Å². The van der Waals surface area contributed by atoms with Crippen LogP contribution in [0.5, 0.6) is 0 Å². The SMILES string of the molecule is CSCCC(NC(=O)C(NC(=O)C(N)Cc1cnc[nH]1)C(C)C)C(=O)NC(C(=O)O)C(C)C. The van der Waals surface area contributed by atoms with E-state index in [1.807, 2.05) is 6.26 Å². The third-order valence-electron chi connectivity index (χ3n) is 5.05. The standard InChI is InChI=1S/C21H36N6O5S/c1-11(2)16(26-18(28)14(22)8-13-9-23-10-24-13)20(30)25-15(6-7-33-5)19(29)27-17(12(3)4)21(31)32/h9-12,14-17H,6-8,22H2,1-5H3,(H,23,24)(H,25,30)(H,26,28)(H,27,29)(H,31,32). The molecule has 186 valence electrons. The molecule has 7 N–H and O–H groups in total. The van der Waals surface area contributed by atoms with Gasteiger partial charge in [-0.25, -0.2) is 9.78 Å². The average Bonchev–Trinajstić information content (AvgIpc) is 3.24. The second-order valence-electron chi connectivity index (χ2n) is 8.53. The number of carboxylic acids is 1. The van der Waals surface area contributed by atoms with Gasteiger partial charge in [-0.1, -0.05) is 27.7 Å². The van der Waals surface area contributed by atoms with Crippen LogP contribution in [0.1, 0.15) is 39.8 Å². The number of thioether (sulfide) groups is 1. The number of carbonyl (C=O) groups excluding carboxylic acids is 3. The number of nitrogens with two attached hydrogens (primary N) is 1. The van der Waals surface area contributed by atoms with Gasteiger partial charge in [-0.15, -0.1) is 0 Å². The average molecular weight is 485 g/mol. The second kappa shape index (κ2) is 13.8. The molecular formula is C21H36N6O5S. The van der Waals surface area contributed by atoms with Crippen molar-refractivity contribution in [3.8, 4) is 0 Å². The summed E-state index contributed by atoms with van der Waals surface area (Å²) in [4.78, 5) is 56.6. The minimum atomic E-state index is -1.15. The van der Waals surface area contributed by atoms with Crippen LogP contribution in [-0.4, -0.2) is 74.9 Å². The maximum Gasteiger partial charge on any atom is 0.326 e. The number of carboxylic acid groups (broad SMARTS) is 1. The second-order valence-corrected chi connectivity index (χ2v) is 9.51. The minimum absolute atomic E-state index is 0.225. The predicted octanol–water partition coefficient (Wildman–Crippen LogP) is -0.116. The van der Waals surface area contributed by atoms with Crippen LogP contribution in [0.2, 0.25) is 0 Å². The first-order chi connectivity index (χ1) is 15.5. The van der Waals surface area contributed by atoms with Gasteiger partial charge in [0.1, 0.15) is 18.1 Å². The number of aromatic nitrogens is 2. The van der Waals surface area contributed by atoms with Gasteiger partial charge in [0, 0.05) is 18.3 Å². The highest BCUT2D eigenvalue weighted by atomic mass is 32.2. The van der Waals surface area contributed by atoms with E-state index in [0.717, 1.165) is 0 Å². The Kier molecular flexibility index (Phi) is 11.9. The normalized spacial score (nSPS) is 14.9. The van der Waals surface area contributed by atoms with Crippen LogP contribution in [-0.2, 0) is 25.6 Å². The predicted molar refractivity (Wildman–Crippen MR) is 126 cm³/mol. The van der Waals surface area contributed by atoms with Crippen LogP contribution >= 0.6 is 11.8 Å². The molecule has 3 amide bonds. The number of aliphatic carboxylic acids is 1. The third kappa shape index (κ3) is 9.42. The molecule has 33 heavy (non-hydrogen) atoms. The lowest BCUT2D eigenvalue weighted by atomic mass is 10.0. The van der Waals surface area contributed by atoms with E-state index >= 15 is 0 Å². The Labute approximate surface area is 198 Å². The van der Waals surface area contributed by atoms with Crippen LogP contribution in [0.15, 0.2) is 12.5 Å². The summed E-state index contributed by atoms with van der Waals surface area (Å²) >= 11 is 1.49. The number of H-pyrrole nitrogens is 1. The molecule has 4 atom stereocenters. The van der Waals surface area contributed by atoms with Crippen LogP contribution in [0, 0.1) is 11.8 Å². The molecule has 0 aliphatic carbocycles. The van der Waals surface area contributed by atoms with Crippen molar-refractivity contribution in [3.05, 3.63) is 18.2 Å². The molecule has 4 unspecified atom stereocenters. The summed E-state index contributed by atoms with van der Waals surface area (Å²) in [5.41, 5.74) is 6.66. The molecule has 0 spiro atoms. The van der Waals surface area contributed by atoms with Gasteiger partial charge in [-0.3, -0.25) is 14.4 Å². The Morgan fingerprint density at radius 2 is 1.64 bits per heavy atom. The summed E-state index contributed by atoms with van der Waals surface area (Å²) in [6, 6.07) is -3.83. The van der Waals surface area contributed by atoms with Crippen molar-refractivity contribution >= 4 is 35.5 Å². The van der Waals surface area contributed by atoms with E-state index in [9.17, 15) is 24.3 Å². The van der Waals surface area contributed by atoms with Crippen molar-refractivity contribution < 1.29 is 24.3 Å². The summed E-state index contributed by atoms with van der Waals surface area (Å²) in [6.45, 7) is 6.90. The van der Waals surface area contributed by atoms with Crippen molar-refractivity contribution in [2.24, 2.45) is 17.6 Å². The first-order valence-corrected chi connectivity index (χ1v) is 12.2. The number of hydrogen-bond acceptors (Lipinski definition) is 7. The monoisotopic (exact) mass is 484 g/mol. The highest BCUT2D eigenvalue weighted by Crippen LogP contribution is 2.08. The van der Waals surface area contributed by atoms with E-state index in [4.69, 9.17) is 5.73 Å². The number of amides is 3. The first kappa shape index (κ1) is 28.4. The summed E-state index contributed by atoms with van der Waals surface area (Å²) in [5.74, 6) is -2.80. The molecule has 1 rings (SSSR count). The Balaban J connectivity index is 2.88. The number of nitrogens with zero attached hydrogens (tertiary/aromatic N) is 1. The molecule has 0 fully saturated rings. The van der Waals surface area contributed by atoms with Crippen molar-refractivity contribution in [1.82, 2.24) is 25.9 Å².